The number of aryl methyl sites for hydroxylation is 1. The van der Waals surface area contributed by atoms with Crippen molar-refractivity contribution in [1.29, 1.82) is 0 Å². The van der Waals surface area contributed by atoms with Gasteiger partial charge in [0, 0.05) is 25.0 Å². The molecule has 3 rings (SSSR count). The standard InChI is InChI=1S/C15H15N3O3S3/c1-3-13-16-15(23-17-13)21-12-8-6-11(7-9-12)18(2)24(19,20)14-5-4-10-22-14/h4-10H,3H2,1-2H3. The van der Waals surface area contributed by atoms with E-state index in [1.54, 1.807) is 41.8 Å². The molecule has 0 atom stereocenters. The molecule has 0 aliphatic rings. The molecule has 0 N–H and O–H groups in total. The van der Waals surface area contributed by atoms with Gasteiger partial charge < -0.3 is 4.74 Å². The fourth-order valence-electron chi connectivity index (χ4n) is 1.93. The van der Waals surface area contributed by atoms with Crippen LogP contribution in [0.25, 0.3) is 0 Å². The molecule has 0 fully saturated rings. The van der Waals surface area contributed by atoms with Gasteiger partial charge >= 0.3 is 0 Å². The highest BCUT2D eigenvalue weighted by molar-refractivity contribution is 7.94. The highest BCUT2D eigenvalue weighted by Gasteiger charge is 2.22. The Morgan fingerprint density at radius 1 is 1.21 bits per heavy atom. The second-order valence-electron chi connectivity index (χ2n) is 4.83. The molecule has 0 radical (unpaired) electrons. The molecule has 0 aliphatic carbocycles. The Morgan fingerprint density at radius 2 is 1.96 bits per heavy atom. The third kappa shape index (κ3) is 3.42. The molecule has 2 aromatic heterocycles. The Labute approximate surface area is 148 Å². The van der Waals surface area contributed by atoms with Gasteiger partial charge in [-0.05, 0) is 35.7 Å². The lowest BCUT2D eigenvalue weighted by molar-refractivity contribution is 0.477. The normalized spacial score (nSPS) is 11.4. The Morgan fingerprint density at radius 3 is 2.54 bits per heavy atom. The van der Waals surface area contributed by atoms with Gasteiger partial charge in [0.2, 0.25) is 0 Å². The van der Waals surface area contributed by atoms with Gasteiger partial charge in [-0.15, -0.1) is 11.3 Å². The minimum absolute atomic E-state index is 0.311. The van der Waals surface area contributed by atoms with Crippen LogP contribution in [0.4, 0.5) is 5.69 Å². The van der Waals surface area contributed by atoms with E-state index in [4.69, 9.17) is 4.74 Å². The van der Waals surface area contributed by atoms with Crippen LogP contribution in [0, 0.1) is 0 Å². The molecule has 0 saturated carbocycles. The number of thiophene rings is 1. The molecule has 0 aliphatic heterocycles. The van der Waals surface area contributed by atoms with Gasteiger partial charge in [-0.25, -0.2) is 8.42 Å². The maximum atomic E-state index is 12.5. The molecule has 0 amide bonds. The lowest BCUT2D eigenvalue weighted by Gasteiger charge is -2.18. The summed E-state index contributed by atoms with van der Waals surface area (Å²) < 4.78 is 36.3. The van der Waals surface area contributed by atoms with Crippen LogP contribution >= 0.6 is 22.9 Å². The highest BCUT2D eigenvalue weighted by Crippen LogP contribution is 2.28. The molecule has 9 heteroatoms. The van der Waals surface area contributed by atoms with Crippen LogP contribution in [-0.4, -0.2) is 24.8 Å². The Hall–Kier alpha value is -1.97. The predicted octanol–water partition coefficient (Wildman–Crippen LogP) is 3.78. The topological polar surface area (TPSA) is 72.4 Å². The summed E-state index contributed by atoms with van der Waals surface area (Å²) in [6.07, 6.45) is 0.754. The van der Waals surface area contributed by atoms with Crippen LogP contribution in [-0.2, 0) is 16.4 Å². The van der Waals surface area contributed by atoms with E-state index in [-0.39, 0.29) is 0 Å². The van der Waals surface area contributed by atoms with Crippen molar-refractivity contribution < 1.29 is 13.2 Å². The molecule has 126 valence electrons. The molecule has 0 unspecified atom stereocenters. The van der Waals surface area contributed by atoms with Crippen LogP contribution in [0.3, 0.4) is 0 Å². The quantitative estimate of drug-likeness (QED) is 0.650. The van der Waals surface area contributed by atoms with E-state index in [1.165, 1.54) is 34.2 Å². The van der Waals surface area contributed by atoms with Crippen LogP contribution in [0.2, 0.25) is 0 Å². The van der Waals surface area contributed by atoms with Gasteiger partial charge in [0.15, 0.2) is 0 Å². The van der Waals surface area contributed by atoms with Gasteiger partial charge in [0.1, 0.15) is 15.8 Å². The molecule has 3 aromatic rings. The van der Waals surface area contributed by atoms with E-state index in [2.05, 4.69) is 9.36 Å². The number of nitrogens with zero attached hydrogens (tertiary/aromatic N) is 3. The van der Waals surface area contributed by atoms with Gasteiger partial charge in [-0.2, -0.15) is 9.36 Å². The average Bonchev–Trinajstić information content (AvgIpc) is 3.27. The minimum Gasteiger partial charge on any atom is -0.430 e. The lowest BCUT2D eigenvalue weighted by Crippen LogP contribution is -2.25. The summed E-state index contributed by atoms with van der Waals surface area (Å²) in [6, 6.07) is 10.1. The third-order valence-electron chi connectivity index (χ3n) is 3.28. The lowest BCUT2D eigenvalue weighted by atomic mass is 10.3. The molecular formula is C15H15N3O3S3. The largest absolute Gasteiger partial charge is 0.430 e. The van der Waals surface area contributed by atoms with Gasteiger partial charge in [-0.1, -0.05) is 13.0 Å². The van der Waals surface area contributed by atoms with Crippen molar-refractivity contribution in [3.63, 3.8) is 0 Å². The number of sulfonamides is 1. The second-order valence-corrected chi connectivity index (χ2v) is 8.69. The summed E-state index contributed by atoms with van der Waals surface area (Å²) in [5, 5.41) is 2.21. The summed E-state index contributed by atoms with van der Waals surface area (Å²) in [6.45, 7) is 1.98. The minimum atomic E-state index is -3.53. The summed E-state index contributed by atoms with van der Waals surface area (Å²) >= 11 is 2.39. The fourth-order valence-corrected chi connectivity index (χ4v) is 4.92. The fraction of sp³-hybridized carbons (Fsp3) is 0.200. The zero-order chi connectivity index (χ0) is 17.2. The van der Waals surface area contributed by atoms with Crippen LogP contribution in [0.1, 0.15) is 12.7 Å². The zero-order valence-electron chi connectivity index (χ0n) is 13.0. The molecular weight excluding hydrogens is 366 g/mol. The summed E-state index contributed by atoms with van der Waals surface area (Å²) in [5.41, 5.74) is 0.558. The maximum absolute atomic E-state index is 12.5. The molecule has 0 bridgehead atoms. The number of hydrogen-bond acceptors (Lipinski definition) is 7. The van der Waals surface area contributed by atoms with E-state index in [1.807, 2.05) is 6.92 Å². The van der Waals surface area contributed by atoms with Crippen LogP contribution in [0.15, 0.2) is 46.0 Å². The van der Waals surface area contributed by atoms with Crippen molar-refractivity contribution in [2.45, 2.75) is 17.6 Å². The molecule has 0 spiro atoms. The van der Waals surface area contributed by atoms with Gasteiger partial charge in [-0.3, -0.25) is 4.31 Å². The molecule has 2 heterocycles. The number of anilines is 1. The molecule has 0 saturated heterocycles. The predicted molar refractivity (Wildman–Crippen MR) is 95.7 cm³/mol. The number of aromatic nitrogens is 2. The monoisotopic (exact) mass is 381 g/mol. The van der Waals surface area contributed by atoms with Crippen LogP contribution in [0.5, 0.6) is 10.9 Å². The molecule has 1 aromatic carbocycles. The van der Waals surface area contributed by atoms with Gasteiger partial charge in [0.25, 0.3) is 15.2 Å². The van der Waals surface area contributed by atoms with E-state index in [9.17, 15) is 8.42 Å². The molecule has 24 heavy (non-hydrogen) atoms. The van der Waals surface area contributed by atoms with E-state index >= 15 is 0 Å². The number of rotatable bonds is 6. The zero-order valence-corrected chi connectivity index (χ0v) is 15.5. The first-order valence-electron chi connectivity index (χ1n) is 7.13. The van der Waals surface area contributed by atoms with Crippen molar-refractivity contribution in [2.75, 3.05) is 11.4 Å². The SMILES string of the molecule is CCc1nsc(Oc2ccc(N(C)S(=O)(=O)c3cccs3)cc2)n1. The first-order chi connectivity index (χ1) is 11.5. The highest BCUT2D eigenvalue weighted by atomic mass is 32.2. The number of benzene rings is 1. The average molecular weight is 382 g/mol. The van der Waals surface area contributed by atoms with E-state index in [0.717, 1.165) is 12.2 Å². The second kappa shape index (κ2) is 6.88. The van der Waals surface area contributed by atoms with Crippen molar-refractivity contribution >= 4 is 38.6 Å². The van der Waals surface area contributed by atoms with E-state index < -0.39 is 10.0 Å². The Kier molecular flexibility index (Phi) is 4.83. The van der Waals surface area contributed by atoms with Crippen molar-refractivity contribution in [3.05, 3.63) is 47.6 Å². The summed E-state index contributed by atoms with van der Waals surface area (Å²) in [4.78, 5) is 4.23. The summed E-state index contributed by atoms with van der Waals surface area (Å²) in [5.74, 6) is 1.33. The maximum Gasteiger partial charge on any atom is 0.298 e. The smallest absolute Gasteiger partial charge is 0.298 e. The van der Waals surface area contributed by atoms with Crippen molar-refractivity contribution in [3.8, 4) is 10.9 Å². The van der Waals surface area contributed by atoms with Gasteiger partial charge in [0.05, 0.1) is 5.69 Å². The number of ether oxygens (including phenoxy) is 1. The first-order valence-corrected chi connectivity index (χ1v) is 10.2. The molecule has 6 nitrogen and oxygen atoms in total. The van der Waals surface area contributed by atoms with Crippen molar-refractivity contribution in [2.24, 2.45) is 0 Å². The Balaban J connectivity index is 1.76. The Bertz CT molecular complexity index is 903. The number of hydrogen-bond donors (Lipinski definition) is 0. The summed E-state index contributed by atoms with van der Waals surface area (Å²) in [7, 11) is -2.00. The van der Waals surface area contributed by atoms with Crippen LogP contribution < -0.4 is 9.04 Å². The van der Waals surface area contributed by atoms with E-state index in [0.29, 0.717) is 20.8 Å². The third-order valence-corrected chi connectivity index (χ3v) is 7.07. The first kappa shape index (κ1) is 16.9. The van der Waals surface area contributed by atoms with Crippen molar-refractivity contribution in [1.82, 2.24) is 9.36 Å².